The molecular formula is C21H26N2O2. The van der Waals surface area contributed by atoms with E-state index in [2.05, 4.69) is 49.5 Å². The predicted octanol–water partition coefficient (Wildman–Crippen LogP) is 4.21. The number of aryl methyl sites for hydroxylation is 2. The van der Waals surface area contributed by atoms with Crippen LogP contribution in [0.25, 0.3) is 0 Å². The number of nitrogens with one attached hydrogen (secondary N) is 1. The Morgan fingerprint density at radius 2 is 1.92 bits per heavy atom. The fourth-order valence-corrected chi connectivity index (χ4v) is 2.44. The van der Waals surface area contributed by atoms with Crippen molar-refractivity contribution in [3.05, 3.63) is 64.7 Å². The number of benzene rings is 2. The molecule has 1 N–H and O–H groups in total. The third-order valence-electron chi connectivity index (χ3n) is 3.94. The van der Waals surface area contributed by atoms with Gasteiger partial charge < -0.3 is 4.74 Å². The Morgan fingerprint density at radius 1 is 1.20 bits per heavy atom. The molecule has 0 aliphatic carbocycles. The summed E-state index contributed by atoms with van der Waals surface area (Å²) in [5.74, 6) is 0.810. The van der Waals surface area contributed by atoms with Crippen molar-refractivity contribution < 1.29 is 9.53 Å². The number of hydrazone groups is 1. The fraction of sp³-hybridized carbons (Fsp3) is 0.333. The van der Waals surface area contributed by atoms with Crippen LogP contribution in [0.5, 0.6) is 5.75 Å². The van der Waals surface area contributed by atoms with Gasteiger partial charge >= 0.3 is 0 Å². The highest BCUT2D eigenvalue weighted by Crippen LogP contribution is 2.27. The summed E-state index contributed by atoms with van der Waals surface area (Å²) >= 11 is 0. The normalized spacial score (nSPS) is 11.1. The summed E-state index contributed by atoms with van der Waals surface area (Å²) in [7, 11) is 0. The Balaban J connectivity index is 1.88. The van der Waals surface area contributed by atoms with E-state index in [-0.39, 0.29) is 12.5 Å². The van der Waals surface area contributed by atoms with Crippen LogP contribution in [-0.2, 0) is 11.2 Å². The third-order valence-corrected chi connectivity index (χ3v) is 3.94. The van der Waals surface area contributed by atoms with Crippen molar-refractivity contribution in [2.75, 3.05) is 6.61 Å². The van der Waals surface area contributed by atoms with Gasteiger partial charge in [-0.05, 0) is 47.6 Å². The minimum Gasteiger partial charge on any atom is -0.483 e. The molecule has 0 saturated heterocycles. The summed E-state index contributed by atoms with van der Waals surface area (Å²) in [6.07, 6.45) is 2.63. The van der Waals surface area contributed by atoms with Crippen molar-refractivity contribution in [1.29, 1.82) is 0 Å². The number of carbonyl (C=O) groups is 1. The highest BCUT2D eigenvalue weighted by Gasteiger charge is 2.09. The minimum absolute atomic E-state index is 0.0602. The quantitative estimate of drug-likeness (QED) is 0.607. The van der Waals surface area contributed by atoms with Crippen LogP contribution in [0.2, 0.25) is 0 Å². The lowest BCUT2D eigenvalue weighted by molar-refractivity contribution is -0.123. The van der Waals surface area contributed by atoms with Crippen molar-refractivity contribution >= 4 is 12.1 Å². The van der Waals surface area contributed by atoms with Gasteiger partial charge in [-0.2, -0.15) is 5.10 Å². The average Bonchev–Trinajstić information content (AvgIpc) is 2.60. The summed E-state index contributed by atoms with van der Waals surface area (Å²) in [6.45, 7) is 8.26. The van der Waals surface area contributed by atoms with Gasteiger partial charge in [-0.1, -0.05) is 57.2 Å². The monoisotopic (exact) mass is 338 g/mol. The minimum atomic E-state index is -0.280. The second-order valence-electron chi connectivity index (χ2n) is 6.37. The van der Waals surface area contributed by atoms with Crippen molar-refractivity contribution in [1.82, 2.24) is 5.43 Å². The summed E-state index contributed by atoms with van der Waals surface area (Å²) in [5.41, 5.74) is 6.91. The molecule has 2 rings (SSSR count). The molecule has 0 aromatic heterocycles. The summed E-state index contributed by atoms with van der Waals surface area (Å²) < 4.78 is 5.69. The molecule has 2 aromatic rings. The molecule has 0 atom stereocenters. The summed E-state index contributed by atoms with van der Waals surface area (Å²) in [5, 5.41) is 3.98. The Labute approximate surface area is 149 Å². The van der Waals surface area contributed by atoms with Gasteiger partial charge in [0.2, 0.25) is 0 Å². The Morgan fingerprint density at radius 3 is 2.56 bits per heavy atom. The molecular weight excluding hydrogens is 312 g/mol. The van der Waals surface area contributed by atoms with Crippen LogP contribution in [0.15, 0.2) is 47.6 Å². The number of rotatable bonds is 7. The Bertz CT molecular complexity index is 734. The SMILES string of the molecule is CCc1ccc(/C=N\NC(=O)COc2cc(C)ccc2C(C)C)cc1. The van der Waals surface area contributed by atoms with E-state index in [0.717, 1.165) is 28.9 Å². The molecule has 132 valence electrons. The molecule has 0 heterocycles. The molecule has 0 aliphatic rings. The largest absolute Gasteiger partial charge is 0.483 e. The third kappa shape index (κ3) is 5.75. The van der Waals surface area contributed by atoms with Crippen LogP contribution >= 0.6 is 0 Å². The van der Waals surface area contributed by atoms with Gasteiger partial charge in [0.15, 0.2) is 6.61 Å². The summed E-state index contributed by atoms with van der Waals surface area (Å²) in [4.78, 5) is 11.9. The highest BCUT2D eigenvalue weighted by molar-refractivity contribution is 5.82. The maximum atomic E-state index is 11.9. The molecule has 0 fully saturated rings. The van der Waals surface area contributed by atoms with Crippen molar-refractivity contribution in [2.45, 2.75) is 40.0 Å². The fourth-order valence-electron chi connectivity index (χ4n) is 2.44. The molecule has 25 heavy (non-hydrogen) atoms. The van der Waals surface area contributed by atoms with Gasteiger partial charge in [0.1, 0.15) is 5.75 Å². The molecule has 2 aromatic carbocycles. The lowest BCUT2D eigenvalue weighted by Gasteiger charge is -2.14. The number of hydrogen-bond donors (Lipinski definition) is 1. The zero-order valence-electron chi connectivity index (χ0n) is 15.4. The Hall–Kier alpha value is -2.62. The second-order valence-corrected chi connectivity index (χ2v) is 6.37. The van der Waals surface area contributed by atoms with Crippen LogP contribution in [0.1, 0.15) is 48.9 Å². The molecule has 4 nitrogen and oxygen atoms in total. The highest BCUT2D eigenvalue weighted by atomic mass is 16.5. The number of amides is 1. The maximum absolute atomic E-state index is 11.9. The second kappa shape index (κ2) is 9.02. The van der Waals surface area contributed by atoms with E-state index in [0.29, 0.717) is 5.92 Å². The lowest BCUT2D eigenvalue weighted by Crippen LogP contribution is -2.25. The number of hydrogen-bond acceptors (Lipinski definition) is 3. The van der Waals surface area contributed by atoms with Gasteiger partial charge in [-0.25, -0.2) is 5.43 Å². The van der Waals surface area contributed by atoms with Crippen LogP contribution in [0.4, 0.5) is 0 Å². The maximum Gasteiger partial charge on any atom is 0.277 e. The lowest BCUT2D eigenvalue weighted by atomic mass is 10.0. The molecule has 1 amide bonds. The van der Waals surface area contributed by atoms with Gasteiger partial charge in [0.25, 0.3) is 5.91 Å². The zero-order chi connectivity index (χ0) is 18.2. The Kier molecular flexibility index (Phi) is 6.75. The molecule has 4 heteroatoms. The van der Waals surface area contributed by atoms with Crippen LogP contribution in [0.3, 0.4) is 0 Å². The number of carbonyl (C=O) groups excluding carboxylic acids is 1. The molecule has 0 bridgehead atoms. The topological polar surface area (TPSA) is 50.7 Å². The standard InChI is InChI=1S/C21H26N2O2/c1-5-17-7-9-18(10-8-17)13-22-23-21(24)14-25-20-12-16(4)6-11-19(20)15(2)3/h6-13,15H,5,14H2,1-4H3,(H,23,24)/b22-13-. The molecule has 0 aliphatic heterocycles. The zero-order valence-corrected chi connectivity index (χ0v) is 15.4. The van der Waals surface area contributed by atoms with Crippen LogP contribution < -0.4 is 10.2 Å². The predicted molar refractivity (Wildman–Crippen MR) is 102 cm³/mol. The van der Waals surface area contributed by atoms with Gasteiger partial charge in [0.05, 0.1) is 6.21 Å². The first-order valence-corrected chi connectivity index (χ1v) is 8.63. The average molecular weight is 338 g/mol. The molecule has 0 saturated carbocycles. The van der Waals surface area contributed by atoms with E-state index in [4.69, 9.17) is 4.74 Å². The van der Waals surface area contributed by atoms with Crippen molar-refractivity contribution in [3.63, 3.8) is 0 Å². The first kappa shape index (κ1) is 18.7. The van der Waals surface area contributed by atoms with Crippen LogP contribution in [0, 0.1) is 6.92 Å². The molecule has 0 spiro atoms. The van der Waals surface area contributed by atoms with E-state index < -0.39 is 0 Å². The van der Waals surface area contributed by atoms with Crippen LogP contribution in [-0.4, -0.2) is 18.7 Å². The van der Waals surface area contributed by atoms with E-state index in [9.17, 15) is 4.79 Å². The first-order chi connectivity index (χ1) is 12.0. The van der Waals surface area contributed by atoms with E-state index in [1.807, 2.05) is 31.2 Å². The van der Waals surface area contributed by atoms with Crippen molar-refractivity contribution in [3.8, 4) is 5.75 Å². The number of ether oxygens (including phenoxy) is 1. The van der Waals surface area contributed by atoms with E-state index in [1.54, 1.807) is 6.21 Å². The van der Waals surface area contributed by atoms with Gasteiger partial charge in [-0.3, -0.25) is 4.79 Å². The van der Waals surface area contributed by atoms with Gasteiger partial charge in [0, 0.05) is 0 Å². The molecule has 0 radical (unpaired) electrons. The first-order valence-electron chi connectivity index (χ1n) is 8.63. The van der Waals surface area contributed by atoms with Crippen molar-refractivity contribution in [2.24, 2.45) is 5.10 Å². The molecule has 0 unspecified atom stereocenters. The van der Waals surface area contributed by atoms with E-state index >= 15 is 0 Å². The van der Waals surface area contributed by atoms with Gasteiger partial charge in [-0.15, -0.1) is 0 Å². The number of nitrogens with zero attached hydrogens (tertiary/aromatic N) is 1. The van der Waals surface area contributed by atoms with E-state index in [1.165, 1.54) is 5.56 Å². The smallest absolute Gasteiger partial charge is 0.277 e. The summed E-state index contributed by atoms with van der Waals surface area (Å²) in [6, 6.07) is 14.1.